The van der Waals surface area contributed by atoms with Gasteiger partial charge in [-0.3, -0.25) is 0 Å². The van der Waals surface area contributed by atoms with Gasteiger partial charge in [0.1, 0.15) is 23.9 Å². The number of halogens is 1. The molecule has 0 bridgehead atoms. The maximum atomic E-state index is 10.1. The number of fused-ring (bicyclic) bond motifs is 1. The van der Waals surface area contributed by atoms with Crippen molar-refractivity contribution in [3.05, 3.63) is 35.4 Å². The predicted octanol–water partition coefficient (Wildman–Crippen LogP) is 1.83. The minimum Gasteiger partial charge on any atom is -0.508 e. The Morgan fingerprint density at radius 2 is 2.21 bits per heavy atom. The van der Waals surface area contributed by atoms with E-state index in [0.717, 1.165) is 31.8 Å². The van der Waals surface area contributed by atoms with Crippen molar-refractivity contribution in [2.24, 2.45) is 4.99 Å². The van der Waals surface area contributed by atoms with Gasteiger partial charge >= 0.3 is 0 Å². The molecule has 10 heteroatoms. The van der Waals surface area contributed by atoms with Gasteiger partial charge in [-0.1, -0.05) is 0 Å². The van der Waals surface area contributed by atoms with Crippen LogP contribution >= 0.6 is 24.0 Å². The number of aromatic hydroxyl groups is 1. The number of ether oxygens (including phenoxy) is 2. The Bertz CT molecular complexity index is 826. The summed E-state index contributed by atoms with van der Waals surface area (Å²) in [5.41, 5.74) is 0.711. The summed E-state index contributed by atoms with van der Waals surface area (Å²) in [7, 11) is 3.24. The highest BCUT2D eigenvalue weighted by Crippen LogP contribution is 2.23. The molecule has 0 radical (unpaired) electrons. The number of nitrogens with zero attached hydrogens (tertiary/aromatic N) is 4. The fraction of sp³-hybridized carbons (Fsp3) is 0.526. The van der Waals surface area contributed by atoms with Crippen molar-refractivity contribution >= 4 is 29.9 Å². The second-order valence-corrected chi connectivity index (χ2v) is 6.63. The molecule has 2 heterocycles. The molecule has 3 N–H and O–H groups in total. The second kappa shape index (κ2) is 11.2. The van der Waals surface area contributed by atoms with E-state index >= 15 is 0 Å². The highest BCUT2D eigenvalue weighted by molar-refractivity contribution is 14.0. The molecule has 1 aromatic carbocycles. The molecule has 3 rings (SSSR count). The van der Waals surface area contributed by atoms with Crippen molar-refractivity contribution in [1.82, 2.24) is 25.4 Å². The standard InChI is InChI=1S/C19H28N6O3.HI/c1-4-20-19(21-10-13-9-15(28-3)6-7-16(13)26)22-14-5-8-18-23-17(12-27-2)24-25(18)11-14;/h6-7,9,14,26H,4-5,8,10-12H2,1-3H3,(H2,20,21,22);1H. The fourth-order valence-electron chi connectivity index (χ4n) is 3.16. The molecule has 29 heavy (non-hydrogen) atoms. The van der Waals surface area contributed by atoms with Crippen LogP contribution in [0, 0.1) is 0 Å². The van der Waals surface area contributed by atoms with E-state index in [1.165, 1.54) is 0 Å². The fourth-order valence-corrected chi connectivity index (χ4v) is 3.16. The monoisotopic (exact) mass is 516 g/mol. The van der Waals surface area contributed by atoms with Gasteiger partial charge in [0, 0.05) is 31.7 Å². The lowest BCUT2D eigenvalue weighted by Gasteiger charge is -2.25. The zero-order valence-corrected chi connectivity index (χ0v) is 19.3. The summed E-state index contributed by atoms with van der Waals surface area (Å²) in [6, 6.07) is 5.33. The lowest BCUT2D eigenvalue weighted by molar-refractivity contribution is 0.177. The van der Waals surface area contributed by atoms with Crippen molar-refractivity contribution < 1.29 is 14.6 Å². The van der Waals surface area contributed by atoms with Crippen LogP contribution in [-0.4, -0.2) is 52.6 Å². The van der Waals surface area contributed by atoms with E-state index in [4.69, 9.17) is 9.47 Å². The lowest BCUT2D eigenvalue weighted by atomic mass is 10.1. The molecular formula is C19H29IN6O3. The average molecular weight is 516 g/mol. The summed E-state index contributed by atoms with van der Waals surface area (Å²) in [6.07, 6.45) is 1.80. The number of guanidine groups is 1. The molecule has 0 spiro atoms. The number of phenols is 1. The number of aryl methyl sites for hydroxylation is 1. The molecule has 1 aliphatic rings. The highest BCUT2D eigenvalue weighted by Gasteiger charge is 2.22. The molecule has 160 valence electrons. The van der Waals surface area contributed by atoms with Crippen molar-refractivity contribution in [2.75, 3.05) is 20.8 Å². The number of phenolic OH excluding ortho intramolecular Hbond substituents is 1. The van der Waals surface area contributed by atoms with E-state index in [1.54, 1.807) is 32.4 Å². The number of hydrogen-bond acceptors (Lipinski definition) is 6. The number of aromatic nitrogens is 3. The van der Waals surface area contributed by atoms with E-state index < -0.39 is 0 Å². The molecule has 0 saturated heterocycles. The Morgan fingerprint density at radius 1 is 1.38 bits per heavy atom. The Labute approximate surface area is 187 Å². The normalized spacial score (nSPS) is 16.0. The summed E-state index contributed by atoms with van der Waals surface area (Å²) >= 11 is 0. The maximum absolute atomic E-state index is 10.1. The number of aliphatic imine (C=N–C) groups is 1. The van der Waals surface area contributed by atoms with Crippen LogP contribution in [0.2, 0.25) is 0 Å². The minimum absolute atomic E-state index is 0. The summed E-state index contributed by atoms with van der Waals surface area (Å²) in [6.45, 7) is 4.26. The zero-order valence-electron chi connectivity index (χ0n) is 17.0. The van der Waals surface area contributed by atoms with Gasteiger partial charge in [-0.15, -0.1) is 24.0 Å². The molecule has 1 unspecified atom stereocenters. The van der Waals surface area contributed by atoms with Gasteiger partial charge < -0.3 is 25.2 Å². The van der Waals surface area contributed by atoms with Crippen LogP contribution in [0.1, 0.15) is 30.6 Å². The molecule has 9 nitrogen and oxygen atoms in total. The topological polar surface area (TPSA) is 106 Å². The summed E-state index contributed by atoms with van der Waals surface area (Å²) < 4.78 is 12.3. The number of benzene rings is 1. The first kappa shape index (κ1) is 23.2. The van der Waals surface area contributed by atoms with Crippen molar-refractivity contribution in [1.29, 1.82) is 0 Å². The number of rotatable bonds is 7. The first-order chi connectivity index (χ1) is 13.6. The smallest absolute Gasteiger partial charge is 0.191 e. The summed E-state index contributed by atoms with van der Waals surface area (Å²) in [5, 5.41) is 21.3. The van der Waals surface area contributed by atoms with Crippen molar-refractivity contribution in [2.45, 2.75) is 45.5 Å². The number of methoxy groups -OCH3 is 2. The van der Waals surface area contributed by atoms with Crippen LogP contribution < -0.4 is 15.4 Å². The number of nitrogens with one attached hydrogen (secondary N) is 2. The van der Waals surface area contributed by atoms with E-state index in [-0.39, 0.29) is 35.8 Å². The molecule has 0 fully saturated rings. The van der Waals surface area contributed by atoms with Crippen LogP contribution in [0.4, 0.5) is 0 Å². The molecule has 0 aliphatic carbocycles. The van der Waals surface area contributed by atoms with Gasteiger partial charge in [0.05, 0.1) is 20.2 Å². The molecule has 0 amide bonds. The van der Waals surface area contributed by atoms with Crippen LogP contribution in [0.3, 0.4) is 0 Å². The highest BCUT2D eigenvalue weighted by atomic mass is 127. The summed E-state index contributed by atoms with van der Waals surface area (Å²) in [4.78, 5) is 9.12. The maximum Gasteiger partial charge on any atom is 0.191 e. The lowest BCUT2D eigenvalue weighted by Crippen LogP contribution is -2.47. The van der Waals surface area contributed by atoms with Gasteiger partial charge in [-0.25, -0.2) is 14.7 Å². The first-order valence-corrected chi connectivity index (χ1v) is 9.45. The van der Waals surface area contributed by atoms with Gasteiger partial charge in [0.25, 0.3) is 0 Å². The third-order valence-corrected chi connectivity index (χ3v) is 4.55. The van der Waals surface area contributed by atoms with E-state index in [0.29, 0.717) is 36.2 Å². The SMILES string of the molecule is CCNC(=NCc1cc(OC)ccc1O)NC1CCc2nc(COC)nn2C1.I. The molecule has 2 aromatic rings. The predicted molar refractivity (Wildman–Crippen MR) is 121 cm³/mol. The average Bonchev–Trinajstić information content (AvgIpc) is 3.09. The molecule has 1 aliphatic heterocycles. The van der Waals surface area contributed by atoms with Crippen molar-refractivity contribution in [3.8, 4) is 11.5 Å². The van der Waals surface area contributed by atoms with E-state index in [9.17, 15) is 5.11 Å². The molecule has 0 saturated carbocycles. The van der Waals surface area contributed by atoms with Crippen LogP contribution in [0.25, 0.3) is 0 Å². The van der Waals surface area contributed by atoms with E-state index in [2.05, 4.69) is 25.7 Å². The van der Waals surface area contributed by atoms with Gasteiger partial charge in [0.2, 0.25) is 0 Å². The summed E-state index contributed by atoms with van der Waals surface area (Å²) in [5.74, 6) is 3.31. The molecule has 1 aromatic heterocycles. The minimum atomic E-state index is 0. The van der Waals surface area contributed by atoms with Gasteiger partial charge in [-0.05, 0) is 31.5 Å². The first-order valence-electron chi connectivity index (χ1n) is 9.45. The van der Waals surface area contributed by atoms with Crippen molar-refractivity contribution in [3.63, 3.8) is 0 Å². The van der Waals surface area contributed by atoms with Crippen LogP contribution in [0.15, 0.2) is 23.2 Å². The molecular weight excluding hydrogens is 487 g/mol. The third kappa shape index (κ3) is 6.20. The van der Waals surface area contributed by atoms with Gasteiger partial charge in [0.15, 0.2) is 11.8 Å². The Balaban J connectivity index is 0.00000300. The second-order valence-electron chi connectivity index (χ2n) is 6.63. The quantitative estimate of drug-likeness (QED) is 0.293. The zero-order chi connectivity index (χ0) is 19.9. The Hall–Kier alpha value is -2.08. The van der Waals surface area contributed by atoms with Crippen LogP contribution in [0.5, 0.6) is 11.5 Å². The van der Waals surface area contributed by atoms with E-state index in [1.807, 2.05) is 11.6 Å². The third-order valence-electron chi connectivity index (χ3n) is 4.55. The van der Waals surface area contributed by atoms with Gasteiger partial charge in [-0.2, -0.15) is 5.10 Å². The number of hydrogen-bond donors (Lipinski definition) is 3. The Kier molecular flexibility index (Phi) is 8.96. The Morgan fingerprint density at radius 3 is 2.93 bits per heavy atom. The molecule has 1 atom stereocenters. The largest absolute Gasteiger partial charge is 0.508 e. The van der Waals surface area contributed by atoms with Crippen LogP contribution in [-0.2, 0) is 30.9 Å².